The highest BCUT2D eigenvalue weighted by molar-refractivity contribution is 9.10. The molecule has 1 heterocycles. The molecule has 0 N–H and O–H groups in total. The maximum Gasteiger partial charge on any atom is 0.573 e. The van der Waals surface area contributed by atoms with Crippen LogP contribution in [0.2, 0.25) is 0 Å². The van der Waals surface area contributed by atoms with Gasteiger partial charge in [-0.15, -0.1) is 13.2 Å². The molecular weight excluding hydrogens is 367 g/mol. The van der Waals surface area contributed by atoms with Gasteiger partial charge in [0.25, 0.3) is 0 Å². The average molecular weight is 380 g/mol. The predicted octanol–water partition coefficient (Wildman–Crippen LogP) is 5.09. The number of ether oxygens (including phenoxy) is 2. The Morgan fingerprint density at radius 2 is 1.86 bits per heavy atom. The molecular formula is C14H13BrF3NO3. The van der Waals surface area contributed by atoms with Crippen molar-refractivity contribution in [3.05, 3.63) is 28.9 Å². The lowest BCUT2D eigenvalue weighted by atomic mass is 10.2. The number of alkyl halides is 3. The van der Waals surface area contributed by atoms with Crippen LogP contribution in [-0.2, 0) is 4.74 Å². The third kappa shape index (κ3) is 3.94. The maximum absolute atomic E-state index is 12.3. The summed E-state index contributed by atoms with van der Waals surface area (Å²) < 4.78 is 47.5. The lowest BCUT2D eigenvalue weighted by Crippen LogP contribution is -2.26. The summed E-state index contributed by atoms with van der Waals surface area (Å²) in [6.45, 7) is 5.17. The summed E-state index contributed by atoms with van der Waals surface area (Å²) in [6, 6.07) is 3.86. The minimum Gasteiger partial charge on any atom is -0.443 e. The number of halogens is 4. The number of hydrogen-bond donors (Lipinski definition) is 0. The zero-order valence-corrected chi connectivity index (χ0v) is 13.6. The number of carbonyl (C=O) groups excluding carboxylic acids is 1. The van der Waals surface area contributed by atoms with Crippen molar-refractivity contribution in [2.45, 2.75) is 32.7 Å². The first-order valence-electron chi connectivity index (χ1n) is 6.26. The summed E-state index contributed by atoms with van der Waals surface area (Å²) in [5, 5.41) is 0.416. The van der Waals surface area contributed by atoms with E-state index in [4.69, 9.17) is 4.74 Å². The van der Waals surface area contributed by atoms with Crippen molar-refractivity contribution < 1.29 is 27.4 Å². The van der Waals surface area contributed by atoms with Gasteiger partial charge in [0.1, 0.15) is 11.4 Å². The van der Waals surface area contributed by atoms with Gasteiger partial charge in [0.15, 0.2) is 0 Å². The molecule has 0 aliphatic heterocycles. The zero-order valence-electron chi connectivity index (χ0n) is 12.0. The summed E-state index contributed by atoms with van der Waals surface area (Å²) in [4.78, 5) is 12.1. The van der Waals surface area contributed by atoms with E-state index in [0.717, 1.165) is 6.07 Å². The number of fused-ring (bicyclic) bond motifs is 1. The van der Waals surface area contributed by atoms with E-state index < -0.39 is 18.1 Å². The fourth-order valence-electron chi connectivity index (χ4n) is 1.86. The molecule has 0 saturated heterocycles. The van der Waals surface area contributed by atoms with E-state index in [2.05, 4.69) is 20.7 Å². The lowest BCUT2D eigenvalue weighted by molar-refractivity contribution is -0.274. The van der Waals surface area contributed by atoms with Crippen LogP contribution in [0.25, 0.3) is 10.9 Å². The number of carbonyl (C=O) groups is 1. The standard InChI is InChI=1S/C14H13BrF3NO3/c1-13(2,3)22-12(20)19-5-4-8-6-9(21-14(16,17)18)7-10(15)11(8)19/h4-7H,1-3H3. The van der Waals surface area contributed by atoms with E-state index in [1.807, 2.05) is 0 Å². The van der Waals surface area contributed by atoms with E-state index in [1.165, 1.54) is 22.9 Å². The molecule has 0 saturated carbocycles. The largest absolute Gasteiger partial charge is 0.573 e. The van der Waals surface area contributed by atoms with Crippen LogP contribution in [0.3, 0.4) is 0 Å². The molecule has 4 nitrogen and oxygen atoms in total. The smallest absolute Gasteiger partial charge is 0.443 e. The van der Waals surface area contributed by atoms with Gasteiger partial charge in [-0.3, -0.25) is 4.57 Å². The van der Waals surface area contributed by atoms with Crippen molar-refractivity contribution in [1.82, 2.24) is 4.57 Å². The second-order valence-electron chi connectivity index (χ2n) is 5.56. The maximum atomic E-state index is 12.3. The highest BCUT2D eigenvalue weighted by atomic mass is 79.9. The SMILES string of the molecule is CC(C)(C)OC(=O)n1ccc2cc(OC(F)(F)F)cc(Br)c21. The lowest BCUT2D eigenvalue weighted by Gasteiger charge is -2.20. The molecule has 0 radical (unpaired) electrons. The van der Waals surface area contributed by atoms with Gasteiger partial charge in [0, 0.05) is 16.1 Å². The monoisotopic (exact) mass is 379 g/mol. The Bertz CT molecular complexity index is 716. The van der Waals surface area contributed by atoms with Crippen LogP contribution in [0, 0.1) is 0 Å². The molecule has 1 aromatic carbocycles. The van der Waals surface area contributed by atoms with Crippen molar-refractivity contribution in [1.29, 1.82) is 0 Å². The summed E-state index contributed by atoms with van der Waals surface area (Å²) in [6.07, 6.45) is -3.96. The fraction of sp³-hybridized carbons (Fsp3) is 0.357. The molecule has 120 valence electrons. The van der Waals surface area contributed by atoms with Crippen LogP contribution in [0.1, 0.15) is 20.8 Å². The molecule has 22 heavy (non-hydrogen) atoms. The van der Waals surface area contributed by atoms with Gasteiger partial charge in [0.05, 0.1) is 5.52 Å². The van der Waals surface area contributed by atoms with Crippen molar-refractivity contribution in [3.63, 3.8) is 0 Å². The highest BCUT2D eigenvalue weighted by Crippen LogP contribution is 2.33. The Labute approximate surface area is 132 Å². The van der Waals surface area contributed by atoms with Gasteiger partial charge >= 0.3 is 12.5 Å². The summed E-state index contributed by atoms with van der Waals surface area (Å²) in [7, 11) is 0. The van der Waals surface area contributed by atoms with Crippen LogP contribution in [0.5, 0.6) is 5.75 Å². The highest BCUT2D eigenvalue weighted by Gasteiger charge is 2.31. The molecule has 2 aromatic rings. The molecule has 0 atom stereocenters. The molecule has 0 fully saturated rings. The molecule has 8 heteroatoms. The third-order valence-corrected chi connectivity index (χ3v) is 3.14. The van der Waals surface area contributed by atoms with Crippen LogP contribution in [0.15, 0.2) is 28.9 Å². The number of aromatic nitrogens is 1. The van der Waals surface area contributed by atoms with E-state index in [-0.39, 0.29) is 5.75 Å². The number of benzene rings is 1. The van der Waals surface area contributed by atoms with Gasteiger partial charge in [-0.1, -0.05) is 0 Å². The van der Waals surface area contributed by atoms with Crippen molar-refractivity contribution in [2.24, 2.45) is 0 Å². The second kappa shape index (κ2) is 5.49. The summed E-state index contributed by atoms with van der Waals surface area (Å²) in [5.41, 5.74) is -0.275. The molecule has 0 spiro atoms. The van der Waals surface area contributed by atoms with E-state index >= 15 is 0 Å². The van der Waals surface area contributed by atoms with Crippen LogP contribution in [0.4, 0.5) is 18.0 Å². The van der Waals surface area contributed by atoms with Crippen LogP contribution in [-0.4, -0.2) is 22.6 Å². The number of rotatable bonds is 1. The first-order valence-corrected chi connectivity index (χ1v) is 7.05. The molecule has 0 unspecified atom stereocenters. The Morgan fingerprint density at radius 3 is 2.41 bits per heavy atom. The Kier molecular flexibility index (Phi) is 4.16. The van der Waals surface area contributed by atoms with Crippen molar-refractivity contribution >= 4 is 32.9 Å². The van der Waals surface area contributed by atoms with Gasteiger partial charge in [-0.05, 0) is 54.9 Å². The minimum atomic E-state index is -4.78. The Hall–Kier alpha value is -1.70. The quantitative estimate of drug-likeness (QED) is 0.693. The summed E-state index contributed by atoms with van der Waals surface area (Å²) in [5.74, 6) is -0.367. The van der Waals surface area contributed by atoms with Crippen molar-refractivity contribution in [2.75, 3.05) is 0 Å². The fourth-order valence-corrected chi connectivity index (χ4v) is 2.51. The number of hydrogen-bond acceptors (Lipinski definition) is 3. The Balaban J connectivity index is 2.43. The van der Waals surface area contributed by atoms with Crippen LogP contribution >= 0.6 is 15.9 Å². The normalized spacial score (nSPS) is 12.5. The molecule has 0 aliphatic rings. The Morgan fingerprint density at radius 1 is 1.23 bits per heavy atom. The second-order valence-corrected chi connectivity index (χ2v) is 6.41. The van der Waals surface area contributed by atoms with E-state index in [0.29, 0.717) is 15.4 Å². The van der Waals surface area contributed by atoms with Gasteiger partial charge in [-0.2, -0.15) is 0 Å². The van der Waals surface area contributed by atoms with Crippen molar-refractivity contribution in [3.8, 4) is 5.75 Å². The van der Waals surface area contributed by atoms with Crippen LogP contribution < -0.4 is 4.74 Å². The molecule has 1 aromatic heterocycles. The molecule has 0 bridgehead atoms. The van der Waals surface area contributed by atoms with E-state index in [9.17, 15) is 18.0 Å². The first kappa shape index (κ1) is 16.7. The molecule has 0 aliphatic carbocycles. The predicted molar refractivity (Wildman–Crippen MR) is 78.0 cm³/mol. The topological polar surface area (TPSA) is 40.5 Å². The third-order valence-electron chi connectivity index (χ3n) is 2.53. The van der Waals surface area contributed by atoms with Gasteiger partial charge in [-0.25, -0.2) is 4.79 Å². The van der Waals surface area contributed by atoms with Gasteiger partial charge < -0.3 is 9.47 Å². The summed E-state index contributed by atoms with van der Waals surface area (Å²) >= 11 is 3.16. The van der Waals surface area contributed by atoms with E-state index in [1.54, 1.807) is 20.8 Å². The first-order chi connectivity index (χ1) is 9.96. The number of nitrogens with zero attached hydrogens (tertiary/aromatic N) is 1. The zero-order chi connectivity index (χ0) is 16.7. The minimum absolute atomic E-state index is 0.292. The molecule has 0 amide bonds. The molecule has 2 rings (SSSR count). The van der Waals surface area contributed by atoms with Gasteiger partial charge in [0.2, 0.25) is 0 Å². The average Bonchev–Trinajstić information content (AvgIpc) is 2.68.